The average molecular weight is 365 g/mol. The van der Waals surface area contributed by atoms with Crippen molar-refractivity contribution in [1.29, 1.82) is 0 Å². The summed E-state index contributed by atoms with van der Waals surface area (Å²) in [5, 5.41) is 2.09. The first-order chi connectivity index (χ1) is 13.6. The third-order valence-corrected chi connectivity index (χ3v) is 5.07. The molecule has 0 amide bonds. The molecule has 2 N–H and O–H groups in total. The molecular formula is C26H20FN. The van der Waals surface area contributed by atoms with E-state index in [1.807, 2.05) is 48.5 Å². The largest absolute Gasteiger partial charge is 0.398 e. The van der Waals surface area contributed by atoms with Gasteiger partial charge in [0.25, 0.3) is 0 Å². The lowest BCUT2D eigenvalue weighted by molar-refractivity contribution is 0.631. The molecule has 0 aliphatic carbocycles. The topological polar surface area (TPSA) is 26.0 Å². The highest BCUT2D eigenvalue weighted by Gasteiger charge is 2.11. The lowest BCUT2D eigenvalue weighted by Gasteiger charge is -2.13. The van der Waals surface area contributed by atoms with Crippen LogP contribution in [0.4, 0.5) is 10.1 Å². The van der Waals surface area contributed by atoms with Gasteiger partial charge in [-0.2, -0.15) is 0 Å². The minimum absolute atomic E-state index is 0.253. The maximum absolute atomic E-state index is 14.4. The number of hydrogen-bond acceptors (Lipinski definition) is 1. The van der Waals surface area contributed by atoms with E-state index in [0.717, 1.165) is 44.3 Å². The maximum Gasteiger partial charge on any atom is 0.131 e. The minimum atomic E-state index is -0.253. The summed E-state index contributed by atoms with van der Waals surface area (Å²) < 4.78 is 14.4. The third kappa shape index (κ3) is 2.99. The van der Waals surface area contributed by atoms with E-state index in [4.69, 9.17) is 5.73 Å². The average Bonchev–Trinajstić information content (AvgIpc) is 2.74. The maximum atomic E-state index is 14.4. The highest BCUT2D eigenvalue weighted by Crippen LogP contribution is 2.36. The Balaban J connectivity index is 1.83. The van der Waals surface area contributed by atoms with Gasteiger partial charge in [0.15, 0.2) is 0 Å². The first kappa shape index (κ1) is 17.7. The van der Waals surface area contributed by atoms with Crippen LogP contribution in [0, 0.1) is 5.82 Å². The van der Waals surface area contributed by atoms with Gasteiger partial charge in [-0.25, -0.2) is 4.39 Å². The van der Waals surface area contributed by atoms with Crippen LogP contribution in [-0.2, 0) is 0 Å². The van der Waals surface area contributed by atoms with Crippen molar-refractivity contribution in [3.63, 3.8) is 0 Å². The Morgan fingerprint density at radius 1 is 0.714 bits per heavy atom. The molecule has 0 spiro atoms. The number of nitrogens with two attached hydrogens (primary N) is 1. The number of benzene rings is 4. The van der Waals surface area contributed by atoms with Gasteiger partial charge in [-0.15, -0.1) is 0 Å². The molecule has 0 unspecified atom stereocenters. The molecule has 2 heteroatoms. The smallest absolute Gasteiger partial charge is 0.131 e. The second-order valence-electron chi connectivity index (χ2n) is 6.70. The van der Waals surface area contributed by atoms with E-state index >= 15 is 0 Å². The van der Waals surface area contributed by atoms with Crippen LogP contribution >= 0.6 is 0 Å². The minimum Gasteiger partial charge on any atom is -0.398 e. The van der Waals surface area contributed by atoms with Crippen molar-refractivity contribution in [2.45, 2.75) is 0 Å². The summed E-state index contributed by atoms with van der Waals surface area (Å²) in [5.74, 6) is -0.253. The van der Waals surface area contributed by atoms with E-state index in [-0.39, 0.29) is 5.82 Å². The van der Waals surface area contributed by atoms with Gasteiger partial charge in [0.1, 0.15) is 5.82 Å². The Morgan fingerprint density at radius 2 is 1.36 bits per heavy atom. The second-order valence-corrected chi connectivity index (χ2v) is 6.70. The van der Waals surface area contributed by atoms with Gasteiger partial charge in [-0.1, -0.05) is 86.0 Å². The zero-order chi connectivity index (χ0) is 19.7. The highest BCUT2D eigenvalue weighted by molar-refractivity contribution is 6.05. The monoisotopic (exact) mass is 365 g/mol. The number of hydrogen-bond donors (Lipinski definition) is 1. The predicted molar refractivity (Wildman–Crippen MR) is 119 cm³/mol. The quantitative estimate of drug-likeness (QED) is 0.381. The number of fused-ring (bicyclic) bond motifs is 1. The normalized spacial score (nSPS) is 10.8. The van der Waals surface area contributed by atoms with Crippen LogP contribution < -0.4 is 5.73 Å². The molecule has 28 heavy (non-hydrogen) atoms. The second kappa shape index (κ2) is 7.16. The first-order valence-corrected chi connectivity index (χ1v) is 9.09. The van der Waals surface area contributed by atoms with Crippen LogP contribution in [0.15, 0.2) is 86.0 Å². The molecule has 0 heterocycles. The molecule has 4 aromatic rings. The Bertz CT molecular complexity index is 1200. The molecule has 4 aromatic carbocycles. The molecule has 4 rings (SSSR count). The zero-order valence-electron chi connectivity index (χ0n) is 15.5. The number of nitrogen functional groups attached to an aromatic ring is 1. The molecule has 0 saturated carbocycles. The summed E-state index contributed by atoms with van der Waals surface area (Å²) in [6.45, 7) is 7.56. The Labute approximate surface area is 164 Å². The number of rotatable bonds is 4. The van der Waals surface area contributed by atoms with E-state index < -0.39 is 0 Å². The van der Waals surface area contributed by atoms with Crippen LogP contribution in [0.25, 0.3) is 45.2 Å². The van der Waals surface area contributed by atoms with E-state index in [1.54, 1.807) is 18.2 Å². The molecule has 0 aromatic heterocycles. The molecular weight excluding hydrogens is 345 g/mol. The molecule has 0 atom stereocenters. The fourth-order valence-corrected chi connectivity index (χ4v) is 3.55. The molecule has 0 radical (unpaired) electrons. The van der Waals surface area contributed by atoms with Crippen LogP contribution in [0.3, 0.4) is 0 Å². The van der Waals surface area contributed by atoms with Gasteiger partial charge >= 0.3 is 0 Å². The van der Waals surface area contributed by atoms with Crippen LogP contribution in [0.2, 0.25) is 0 Å². The van der Waals surface area contributed by atoms with Crippen molar-refractivity contribution in [3.05, 3.63) is 103 Å². The van der Waals surface area contributed by atoms with E-state index in [9.17, 15) is 4.39 Å². The summed E-state index contributed by atoms with van der Waals surface area (Å²) in [6.07, 6.45) is 3.41. The van der Waals surface area contributed by atoms with Crippen LogP contribution in [0.5, 0.6) is 0 Å². The number of anilines is 1. The molecule has 0 bridgehead atoms. The van der Waals surface area contributed by atoms with Crippen molar-refractivity contribution in [2.24, 2.45) is 0 Å². The van der Waals surface area contributed by atoms with E-state index in [0.29, 0.717) is 5.56 Å². The molecule has 136 valence electrons. The van der Waals surface area contributed by atoms with Gasteiger partial charge < -0.3 is 5.73 Å². The SMILES string of the molecule is C=Cc1ccc(-c2ccc(-c3cc(C=C)c(N)c4ccccc34)cc2)c(F)c1. The van der Waals surface area contributed by atoms with Gasteiger partial charge in [0, 0.05) is 16.6 Å². The Morgan fingerprint density at radius 3 is 1.96 bits per heavy atom. The van der Waals surface area contributed by atoms with Crippen molar-refractivity contribution in [2.75, 3.05) is 5.73 Å². The molecule has 0 aliphatic rings. The standard InChI is InChI=1S/C26H20FN/c1-3-17-9-14-21(25(27)15-17)19-10-12-20(13-11-19)24-16-18(4-2)26(28)23-8-6-5-7-22(23)24/h3-16H,1-2,28H2. The number of halogens is 1. The zero-order valence-corrected chi connectivity index (χ0v) is 15.5. The predicted octanol–water partition coefficient (Wildman–Crippen LogP) is 7.18. The van der Waals surface area contributed by atoms with Crippen molar-refractivity contribution in [3.8, 4) is 22.3 Å². The summed E-state index contributed by atoms with van der Waals surface area (Å²) in [7, 11) is 0. The molecule has 0 aliphatic heterocycles. The van der Waals surface area contributed by atoms with Gasteiger partial charge in [0.2, 0.25) is 0 Å². The van der Waals surface area contributed by atoms with Crippen LogP contribution in [-0.4, -0.2) is 0 Å². The summed E-state index contributed by atoms with van der Waals surface area (Å²) in [4.78, 5) is 0. The Kier molecular flexibility index (Phi) is 4.54. The molecule has 1 nitrogen and oxygen atoms in total. The van der Waals surface area contributed by atoms with Gasteiger partial charge in [-0.05, 0) is 45.3 Å². The summed E-state index contributed by atoms with van der Waals surface area (Å²) in [5.41, 5.74) is 12.2. The summed E-state index contributed by atoms with van der Waals surface area (Å²) >= 11 is 0. The Hall–Kier alpha value is -3.65. The lowest BCUT2D eigenvalue weighted by atomic mass is 9.93. The van der Waals surface area contributed by atoms with Gasteiger partial charge in [-0.3, -0.25) is 0 Å². The fraction of sp³-hybridized carbons (Fsp3) is 0. The molecule has 0 saturated heterocycles. The first-order valence-electron chi connectivity index (χ1n) is 9.09. The van der Waals surface area contributed by atoms with Crippen LogP contribution in [0.1, 0.15) is 11.1 Å². The highest BCUT2D eigenvalue weighted by atomic mass is 19.1. The van der Waals surface area contributed by atoms with Gasteiger partial charge in [0.05, 0.1) is 0 Å². The van der Waals surface area contributed by atoms with E-state index in [1.165, 1.54) is 6.07 Å². The van der Waals surface area contributed by atoms with E-state index in [2.05, 4.69) is 25.3 Å². The van der Waals surface area contributed by atoms with Crippen molar-refractivity contribution in [1.82, 2.24) is 0 Å². The third-order valence-electron chi connectivity index (χ3n) is 5.07. The van der Waals surface area contributed by atoms with Crippen molar-refractivity contribution < 1.29 is 4.39 Å². The fourth-order valence-electron chi connectivity index (χ4n) is 3.55. The molecule has 0 fully saturated rings. The lowest BCUT2D eigenvalue weighted by Crippen LogP contribution is -1.94. The summed E-state index contributed by atoms with van der Waals surface area (Å²) in [6, 6.07) is 23.2. The van der Waals surface area contributed by atoms with Crippen molar-refractivity contribution >= 4 is 28.6 Å².